The smallest absolute Gasteiger partial charge is 0.258 e. The van der Waals surface area contributed by atoms with E-state index in [1.807, 2.05) is 38.1 Å². The second-order valence-corrected chi connectivity index (χ2v) is 13.4. The van der Waals surface area contributed by atoms with Crippen LogP contribution in [0.25, 0.3) is 10.2 Å². The molecule has 2 heterocycles. The number of amides is 4. The van der Waals surface area contributed by atoms with E-state index < -0.39 is 47.5 Å². The van der Waals surface area contributed by atoms with Crippen LogP contribution < -0.4 is 30.7 Å². The molecule has 0 bridgehead atoms. The molecule has 13 heteroatoms. The minimum absolute atomic E-state index is 0.00932. The summed E-state index contributed by atoms with van der Waals surface area (Å²) < 4.78 is 11.5. The Morgan fingerprint density at radius 3 is 2.23 bits per heavy atom. The summed E-state index contributed by atoms with van der Waals surface area (Å²) in [5.41, 5.74) is 0.672. The fourth-order valence-electron chi connectivity index (χ4n) is 5.32. The Labute approximate surface area is 278 Å². The predicted molar refractivity (Wildman–Crippen MR) is 178 cm³/mol. The molecule has 12 nitrogen and oxygen atoms in total. The van der Waals surface area contributed by atoms with Crippen molar-refractivity contribution in [2.24, 2.45) is 17.8 Å². The number of para-hydroxylation sites is 1. The van der Waals surface area contributed by atoms with Gasteiger partial charge in [0.2, 0.25) is 23.5 Å². The molecule has 0 spiro atoms. The number of fused-ring (bicyclic) bond motifs is 1. The number of methoxy groups -OCH3 is 1. The number of carbonyl (C=O) groups excluding carboxylic acids is 5. The van der Waals surface area contributed by atoms with Crippen molar-refractivity contribution >= 4 is 51.0 Å². The van der Waals surface area contributed by atoms with Crippen LogP contribution >= 0.6 is 11.3 Å². The fourth-order valence-corrected chi connectivity index (χ4v) is 6.28. The number of nitrogens with one attached hydrogen (secondary N) is 4. The summed E-state index contributed by atoms with van der Waals surface area (Å²) in [6, 6.07) is 11.1. The molecule has 4 N–H and O–H groups in total. The third kappa shape index (κ3) is 9.74. The Morgan fingerprint density at radius 2 is 1.62 bits per heavy atom. The number of nitrogens with zero attached hydrogens (tertiary/aromatic N) is 1. The lowest BCUT2D eigenvalue weighted by molar-refractivity contribution is -0.134. The summed E-state index contributed by atoms with van der Waals surface area (Å²) in [6.45, 7) is 7.58. The first-order valence-electron chi connectivity index (χ1n) is 15.8. The maximum absolute atomic E-state index is 13.8. The quantitative estimate of drug-likeness (QED) is 0.169. The Hall–Kier alpha value is -4.52. The van der Waals surface area contributed by atoms with Gasteiger partial charge < -0.3 is 30.7 Å². The van der Waals surface area contributed by atoms with Crippen molar-refractivity contribution in [2.45, 2.75) is 65.1 Å². The van der Waals surface area contributed by atoms with Gasteiger partial charge in [0.1, 0.15) is 23.6 Å². The summed E-state index contributed by atoms with van der Waals surface area (Å²) in [7, 11) is 1.55. The lowest BCUT2D eigenvalue weighted by atomic mass is 9.94. The van der Waals surface area contributed by atoms with E-state index in [1.54, 1.807) is 45.2 Å². The number of hydrogen-bond acceptors (Lipinski definition) is 9. The Kier molecular flexibility index (Phi) is 12.3. The fraction of sp³-hybridized carbons (Fsp3) is 0.471. The van der Waals surface area contributed by atoms with E-state index in [2.05, 4.69) is 26.3 Å². The molecule has 4 amide bonds. The number of Topliss-reactive ketones (excluding diaryl/α,β-unsaturated/α-hetero) is 1. The van der Waals surface area contributed by atoms with E-state index in [0.717, 1.165) is 4.70 Å². The van der Waals surface area contributed by atoms with Crippen molar-refractivity contribution in [3.05, 3.63) is 53.5 Å². The Morgan fingerprint density at radius 1 is 0.936 bits per heavy atom. The van der Waals surface area contributed by atoms with Gasteiger partial charge in [0.25, 0.3) is 5.91 Å². The van der Waals surface area contributed by atoms with Gasteiger partial charge in [-0.25, -0.2) is 4.98 Å². The summed E-state index contributed by atoms with van der Waals surface area (Å²) >= 11 is 1.23. The van der Waals surface area contributed by atoms with E-state index in [9.17, 15) is 24.0 Å². The summed E-state index contributed by atoms with van der Waals surface area (Å²) in [6.07, 6.45) is 0.929. The first-order valence-corrected chi connectivity index (χ1v) is 16.6. The molecule has 0 saturated carbocycles. The minimum atomic E-state index is -1.03. The molecule has 2 aromatic carbocycles. The highest BCUT2D eigenvalue weighted by atomic mass is 32.1. The number of ketones is 1. The standard InChI is InChI=1S/C34H43N5O7S/c1-19(2)16-26(37-33(44)29(20(3)4)39-28(40)18-46-23-12-10-22(45-5)11-13-23)32(43)36-25(17-21-14-15-35-31(21)42)30(41)34-38-24-8-6-7-9-27(24)47-34/h6-13,19-21,25-26,29H,14-18H2,1-5H3,(H,35,42)(H,36,43)(H,37,44)(H,39,40)/t21-,25-,26-,29-/m0/s1. The largest absolute Gasteiger partial charge is 0.497 e. The highest BCUT2D eigenvalue weighted by Crippen LogP contribution is 2.25. The molecule has 47 heavy (non-hydrogen) atoms. The molecule has 1 fully saturated rings. The molecule has 252 valence electrons. The maximum Gasteiger partial charge on any atom is 0.258 e. The van der Waals surface area contributed by atoms with E-state index >= 15 is 0 Å². The maximum atomic E-state index is 13.8. The van der Waals surface area contributed by atoms with Crippen LogP contribution in [0.1, 0.15) is 56.8 Å². The van der Waals surface area contributed by atoms with E-state index in [-0.39, 0.29) is 42.2 Å². The van der Waals surface area contributed by atoms with Crippen LogP contribution in [0.5, 0.6) is 11.5 Å². The van der Waals surface area contributed by atoms with Crippen molar-refractivity contribution in [1.82, 2.24) is 26.3 Å². The molecule has 1 aliphatic heterocycles. The number of hydrogen-bond donors (Lipinski definition) is 4. The Bertz CT molecular complexity index is 1540. The molecule has 1 saturated heterocycles. The minimum Gasteiger partial charge on any atom is -0.497 e. The zero-order valence-electron chi connectivity index (χ0n) is 27.3. The second-order valence-electron chi connectivity index (χ2n) is 12.4. The van der Waals surface area contributed by atoms with Crippen molar-refractivity contribution < 1.29 is 33.4 Å². The summed E-state index contributed by atoms with van der Waals surface area (Å²) in [5, 5.41) is 11.4. The predicted octanol–water partition coefficient (Wildman–Crippen LogP) is 3.25. The molecule has 0 aliphatic carbocycles. The van der Waals surface area contributed by atoms with Gasteiger partial charge in [-0.2, -0.15) is 0 Å². The summed E-state index contributed by atoms with van der Waals surface area (Å²) in [5.74, 6) is -1.79. The molecular formula is C34H43N5O7S. The zero-order chi connectivity index (χ0) is 34.1. The third-order valence-corrected chi connectivity index (χ3v) is 8.91. The van der Waals surface area contributed by atoms with Crippen LogP contribution in [0.15, 0.2) is 48.5 Å². The van der Waals surface area contributed by atoms with Crippen LogP contribution in [0.4, 0.5) is 0 Å². The average Bonchev–Trinajstić information content (AvgIpc) is 3.67. The highest BCUT2D eigenvalue weighted by molar-refractivity contribution is 7.20. The van der Waals surface area contributed by atoms with E-state index in [0.29, 0.717) is 30.0 Å². The van der Waals surface area contributed by atoms with E-state index in [1.165, 1.54) is 11.3 Å². The molecule has 0 radical (unpaired) electrons. The number of ether oxygens (including phenoxy) is 2. The molecular weight excluding hydrogens is 622 g/mol. The zero-order valence-corrected chi connectivity index (χ0v) is 28.1. The molecule has 3 aromatic rings. The number of thiazole rings is 1. The normalized spacial score (nSPS) is 16.3. The SMILES string of the molecule is COc1ccc(OCC(=O)N[C@H](C(=O)N[C@@H](CC(C)C)C(=O)N[C@@H](C[C@@H]2CCNC2=O)C(=O)c2nc3ccccc3s2)C(C)C)cc1. The number of carbonyl (C=O) groups is 5. The van der Waals surface area contributed by atoms with Crippen LogP contribution in [0.3, 0.4) is 0 Å². The first-order chi connectivity index (χ1) is 22.4. The van der Waals surface area contributed by atoms with Crippen LogP contribution in [-0.2, 0) is 19.2 Å². The van der Waals surface area contributed by atoms with Gasteiger partial charge in [-0.1, -0.05) is 39.8 Å². The van der Waals surface area contributed by atoms with E-state index in [4.69, 9.17) is 9.47 Å². The van der Waals surface area contributed by atoms with Crippen molar-refractivity contribution in [1.29, 1.82) is 0 Å². The van der Waals surface area contributed by atoms with Crippen LogP contribution in [0, 0.1) is 17.8 Å². The average molecular weight is 666 g/mol. The molecule has 4 atom stereocenters. The topological polar surface area (TPSA) is 165 Å². The lowest BCUT2D eigenvalue weighted by Crippen LogP contribution is -2.57. The van der Waals surface area contributed by atoms with Gasteiger partial charge in [-0.3, -0.25) is 24.0 Å². The second kappa shape index (κ2) is 16.3. The van der Waals surface area contributed by atoms with Gasteiger partial charge in [0.15, 0.2) is 11.6 Å². The van der Waals surface area contributed by atoms with Gasteiger partial charge >= 0.3 is 0 Å². The van der Waals surface area contributed by atoms with Crippen molar-refractivity contribution in [3.8, 4) is 11.5 Å². The molecule has 0 unspecified atom stereocenters. The molecule has 1 aliphatic rings. The third-order valence-electron chi connectivity index (χ3n) is 7.86. The van der Waals surface area contributed by atoms with Crippen molar-refractivity contribution in [2.75, 3.05) is 20.3 Å². The van der Waals surface area contributed by atoms with Gasteiger partial charge in [0, 0.05) is 12.5 Å². The number of aromatic nitrogens is 1. The Balaban J connectivity index is 1.46. The number of rotatable bonds is 16. The number of benzene rings is 2. The van der Waals surface area contributed by atoms with Crippen molar-refractivity contribution in [3.63, 3.8) is 0 Å². The van der Waals surface area contributed by atoms with Gasteiger partial charge in [-0.05, 0) is 67.5 Å². The van der Waals surface area contributed by atoms with Gasteiger partial charge in [0.05, 0.1) is 23.4 Å². The highest BCUT2D eigenvalue weighted by Gasteiger charge is 2.36. The monoisotopic (exact) mass is 665 g/mol. The van der Waals surface area contributed by atoms with Crippen LogP contribution in [-0.4, -0.2) is 72.8 Å². The van der Waals surface area contributed by atoms with Gasteiger partial charge in [-0.15, -0.1) is 11.3 Å². The molecule has 1 aromatic heterocycles. The lowest BCUT2D eigenvalue weighted by Gasteiger charge is -2.27. The van der Waals surface area contributed by atoms with Crippen LogP contribution in [0.2, 0.25) is 0 Å². The summed E-state index contributed by atoms with van der Waals surface area (Å²) in [4.78, 5) is 70.8. The first kappa shape index (κ1) is 35.3. The molecule has 4 rings (SSSR count).